The molecule has 35 heavy (non-hydrogen) atoms. The molecule has 1 N–H and O–H groups in total. The third-order valence-electron chi connectivity index (χ3n) is 6.13. The average Bonchev–Trinajstić information content (AvgIpc) is 3.30. The van der Waals surface area contributed by atoms with Crippen LogP contribution in [0.4, 0.5) is 8.78 Å². The molecule has 3 heterocycles. The molecule has 4 aromatic rings. The quantitative estimate of drug-likeness (QED) is 0.479. The van der Waals surface area contributed by atoms with Crippen LogP contribution in [0.1, 0.15) is 29.5 Å². The lowest BCUT2D eigenvalue weighted by atomic mass is 10.00. The summed E-state index contributed by atoms with van der Waals surface area (Å²) in [5.41, 5.74) is 2.44. The van der Waals surface area contributed by atoms with Gasteiger partial charge in [0, 0.05) is 42.0 Å². The van der Waals surface area contributed by atoms with Crippen LogP contribution in [0.15, 0.2) is 53.5 Å². The Bertz CT molecular complexity index is 1540. The molecule has 0 amide bonds. The molecule has 0 spiro atoms. The van der Waals surface area contributed by atoms with Gasteiger partial charge < -0.3 is 10.1 Å². The molecule has 9 heteroatoms. The molecule has 2 atom stereocenters. The summed E-state index contributed by atoms with van der Waals surface area (Å²) in [5, 5.41) is 12.9. The van der Waals surface area contributed by atoms with Crippen molar-refractivity contribution in [1.29, 1.82) is 5.26 Å². The molecule has 5 rings (SSSR count). The lowest BCUT2D eigenvalue weighted by Crippen LogP contribution is -2.29. The van der Waals surface area contributed by atoms with Gasteiger partial charge in [-0.3, -0.25) is 14.3 Å². The number of aryl methyl sites for hydroxylation is 1. The van der Waals surface area contributed by atoms with Gasteiger partial charge in [-0.25, -0.2) is 13.8 Å². The van der Waals surface area contributed by atoms with Crippen LogP contribution < -0.4 is 15.6 Å². The van der Waals surface area contributed by atoms with E-state index in [0.717, 1.165) is 5.69 Å². The average molecular weight is 473 g/mol. The number of methoxy groups -OCH3 is 1. The number of nitrogens with zero attached hydrogens (tertiary/aromatic N) is 4. The minimum Gasteiger partial charge on any atom is -0.494 e. The lowest BCUT2D eigenvalue weighted by Gasteiger charge is -2.19. The first kappa shape index (κ1) is 22.6. The number of benzene rings is 2. The maximum atomic E-state index is 14.6. The zero-order valence-electron chi connectivity index (χ0n) is 19.0. The lowest BCUT2D eigenvalue weighted by molar-refractivity contribution is 0.354. The van der Waals surface area contributed by atoms with Gasteiger partial charge >= 0.3 is 0 Å². The molecule has 7 nitrogen and oxygen atoms in total. The van der Waals surface area contributed by atoms with Gasteiger partial charge in [-0.15, -0.1) is 0 Å². The minimum absolute atomic E-state index is 0.0286. The highest BCUT2D eigenvalue weighted by Gasteiger charge is 2.30. The summed E-state index contributed by atoms with van der Waals surface area (Å²) in [4.78, 5) is 23.0. The van der Waals surface area contributed by atoms with Crippen LogP contribution in [0.2, 0.25) is 0 Å². The van der Waals surface area contributed by atoms with E-state index in [2.05, 4.69) is 16.4 Å². The number of pyridine rings is 1. The van der Waals surface area contributed by atoms with Crippen LogP contribution in [0.25, 0.3) is 27.7 Å². The van der Waals surface area contributed by atoms with E-state index >= 15 is 0 Å². The molecule has 2 aromatic carbocycles. The first-order valence-corrected chi connectivity index (χ1v) is 11.0. The normalized spacial score (nSPS) is 17.5. The van der Waals surface area contributed by atoms with E-state index in [9.17, 15) is 18.8 Å². The zero-order valence-corrected chi connectivity index (χ0v) is 19.0. The molecule has 1 aliphatic rings. The topological polar surface area (TPSA) is 92.8 Å². The van der Waals surface area contributed by atoms with Crippen molar-refractivity contribution in [2.45, 2.75) is 25.6 Å². The summed E-state index contributed by atoms with van der Waals surface area (Å²) in [6, 6.07) is 12.5. The van der Waals surface area contributed by atoms with Crippen molar-refractivity contribution in [2.75, 3.05) is 13.7 Å². The van der Waals surface area contributed by atoms with Gasteiger partial charge in [0.15, 0.2) is 11.6 Å². The highest BCUT2D eigenvalue weighted by atomic mass is 19.1. The van der Waals surface area contributed by atoms with E-state index < -0.39 is 23.6 Å². The number of rotatable bonds is 4. The zero-order chi connectivity index (χ0) is 24.7. The van der Waals surface area contributed by atoms with E-state index in [-0.39, 0.29) is 41.2 Å². The number of hydrogen-bond donors (Lipinski definition) is 1. The fourth-order valence-corrected chi connectivity index (χ4v) is 4.39. The standard InChI is InChI=1S/C26H21F2N5O2/c1-14-3-4-16(12-30-14)19-7-15(11-29)8-20-24(19)32-25(22-9-17(27)13-31-22)33(26(20)34)18-5-6-23(35-2)21(28)10-18/h3-8,10,12,17,22,31H,9,13H2,1-2H3/t17-,22+/m0/s1. The first-order valence-electron chi connectivity index (χ1n) is 11.0. The van der Waals surface area contributed by atoms with Gasteiger partial charge in [0.05, 0.1) is 41.4 Å². The molecule has 1 aliphatic heterocycles. The molecule has 0 unspecified atom stereocenters. The minimum atomic E-state index is -1.10. The van der Waals surface area contributed by atoms with E-state index in [1.165, 1.54) is 29.9 Å². The van der Waals surface area contributed by atoms with E-state index in [4.69, 9.17) is 9.72 Å². The highest BCUT2D eigenvalue weighted by Crippen LogP contribution is 2.32. The maximum absolute atomic E-state index is 14.6. The second-order valence-corrected chi connectivity index (χ2v) is 8.44. The number of hydrogen-bond acceptors (Lipinski definition) is 6. The van der Waals surface area contributed by atoms with E-state index in [1.807, 2.05) is 19.1 Å². The number of halogens is 2. The summed E-state index contributed by atoms with van der Waals surface area (Å²) in [5.74, 6) is -0.359. The van der Waals surface area contributed by atoms with Crippen molar-refractivity contribution in [3.8, 4) is 28.6 Å². The van der Waals surface area contributed by atoms with Crippen LogP contribution in [-0.2, 0) is 0 Å². The smallest absolute Gasteiger partial charge is 0.266 e. The van der Waals surface area contributed by atoms with Gasteiger partial charge in [0.1, 0.15) is 12.0 Å². The molecule has 0 bridgehead atoms. The Kier molecular flexibility index (Phi) is 5.75. The number of aromatic nitrogens is 3. The van der Waals surface area contributed by atoms with Gasteiger partial charge in [0.25, 0.3) is 5.56 Å². The second-order valence-electron chi connectivity index (χ2n) is 8.44. The Morgan fingerprint density at radius 2 is 2.06 bits per heavy atom. The number of fused-ring (bicyclic) bond motifs is 1. The fraction of sp³-hybridized carbons (Fsp3) is 0.231. The summed E-state index contributed by atoms with van der Waals surface area (Å²) in [6.07, 6.45) is 0.673. The first-order chi connectivity index (χ1) is 16.9. The third kappa shape index (κ3) is 4.02. The predicted molar refractivity (Wildman–Crippen MR) is 127 cm³/mol. The van der Waals surface area contributed by atoms with Crippen molar-refractivity contribution >= 4 is 10.9 Å². The van der Waals surface area contributed by atoms with Crippen LogP contribution in [0.3, 0.4) is 0 Å². The van der Waals surface area contributed by atoms with Crippen LogP contribution in [-0.4, -0.2) is 34.4 Å². The molecule has 1 fully saturated rings. The number of alkyl halides is 1. The SMILES string of the molecule is COc1ccc(-n2c([C@H]3C[C@H](F)CN3)nc3c(-c4ccc(C)nc4)cc(C#N)cc3c2=O)cc1F. The van der Waals surface area contributed by atoms with E-state index in [1.54, 1.807) is 18.3 Å². The summed E-state index contributed by atoms with van der Waals surface area (Å²) in [7, 11) is 1.35. The highest BCUT2D eigenvalue weighted by molar-refractivity contribution is 5.94. The predicted octanol–water partition coefficient (Wildman–Crippen LogP) is 4.15. The van der Waals surface area contributed by atoms with Crippen LogP contribution >= 0.6 is 0 Å². The number of ether oxygens (including phenoxy) is 1. The van der Waals surface area contributed by atoms with Crippen molar-refractivity contribution in [1.82, 2.24) is 19.9 Å². The van der Waals surface area contributed by atoms with Crippen LogP contribution in [0.5, 0.6) is 5.75 Å². The van der Waals surface area contributed by atoms with Gasteiger partial charge in [-0.2, -0.15) is 5.26 Å². The van der Waals surface area contributed by atoms with Crippen LogP contribution in [0, 0.1) is 24.1 Å². The molecule has 0 radical (unpaired) electrons. The molecule has 2 aromatic heterocycles. The second kappa shape index (κ2) is 8.89. The number of nitrogens with one attached hydrogen (secondary N) is 1. The molecule has 176 valence electrons. The Labute approximate surface area is 199 Å². The molecular formula is C26H21F2N5O2. The molecule has 0 aliphatic carbocycles. The van der Waals surface area contributed by atoms with E-state index in [0.29, 0.717) is 16.6 Å². The van der Waals surface area contributed by atoms with Gasteiger partial charge in [-0.05, 0) is 37.3 Å². The van der Waals surface area contributed by atoms with Crippen molar-refractivity contribution in [2.24, 2.45) is 0 Å². The monoisotopic (exact) mass is 473 g/mol. The maximum Gasteiger partial charge on any atom is 0.266 e. The Morgan fingerprint density at radius 3 is 2.69 bits per heavy atom. The molecule has 0 saturated carbocycles. The Hall–Kier alpha value is -4.16. The fourth-order valence-electron chi connectivity index (χ4n) is 4.39. The van der Waals surface area contributed by atoms with Crippen molar-refractivity contribution in [3.63, 3.8) is 0 Å². The summed E-state index contributed by atoms with van der Waals surface area (Å²) >= 11 is 0. The molecule has 1 saturated heterocycles. The summed E-state index contributed by atoms with van der Waals surface area (Å²) in [6.45, 7) is 1.98. The number of nitriles is 1. The third-order valence-corrected chi connectivity index (χ3v) is 6.13. The Balaban J connectivity index is 1.85. The Morgan fingerprint density at radius 1 is 1.23 bits per heavy atom. The van der Waals surface area contributed by atoms with Gasteiger partial charge in [-0.1, -0.05) is 6.07 Å². The summed E-state index contributed by atoms with van der Waals surface area (Å²) < 4.78 is 35.0. The largest absolute Gasteiger partial charge is 0.494 e. The van der Waals surface area contributed by atoms with Crippen molar-refractivity contribution < 1.29 is 13.5 Å². The van der Waals surface area contributed by atoms with Crippen molar-refractivity contribution in [3.05, 3.63) is 81.9 Å². The van der Waals surface area contributed by atoms with Gasteiger partial charge in [0.2, 0.25) is 0 Å². The molecular weight excluding hydrogens is 452 g/mol.